The monoisotopic (exact) mass is 242 g/mol. The Kier molecular flexibility index (Phi) is 4.40. The second-order valence-corrected chi connectivity index (χ2v) is 5.23. The number of nitrogens with zero attached hydrogens (tertiary/aromatic N) is 2. The third-order valence-corrected chi connectivity index (χ3v) is 2.96. The van der Waals surface area contributed by atoms with Gasteiger partial charge in [-0.3, -0.25) is 15.1 Å². The van der Waals surface area contributed by atoms with Gasteiger partial charge in [0.05, 0.1) is 16.6 Å². The predicted octanol–water partition coefficient (Wildman–Crippen LogP) is 0.591. The number of hydrazine groups is 1. The van der Waals surface area contributed by atoms with Crippen molar-refractivity contribution in [3.63, 3.8) is 0 Å². The Morgan fingerprint density at radius 2 is 2.38 bits per heavy atom. The molecule has 6 heteroatoms. The minimum absolute atomic E-state index is 0.155. The van der Waals surface area contributed by atoms with Crippen molar-refractivity contribution in [2.45, 2.75) is 20.4 Å². The first kappa shape index (κ1) is 13.1. The lowest BCUT2D eigenvalue weighted by molar-refractivity contribution is -0.130. The van der Waals surface area contributed by atoms with Gasteiger partial charge in [-0.25, -0.2) is 10.8 Å². The van der Waals surface area contributed by atoms with Crippen molar-refractivity contribution in [1.29, 1.82) is 0 Å². The van der Waals surface area contributed by atoms with E-state index in [1.165, 1.54) is 0 Å². The van der Waals surface area contributed by atoms with Crippen molar-refractivity contribution in [2.75, 3.05) is 13.6 Å². The van der Waals surface area contributed by atoms with E-state index in [1.807, 2.05) is 26.3 Å². The summed E-state index contributed by atoms with van der Waals surface area (Å²) in [6, 6.07) is 0. The molecule has 0 aliphatic rings. The van der Waals surface area contributed by atoms with Gasteiger partial charge in [0.25, 0.3) is 0 Å². The quantitative estimate of drug-likeness (QED) is 0.450. The largest absolute Gasteiger partial charge is 0.299 e. The molecule has 1 rings (SSSR count). The summed E-state index contributed by atoms with van der Waals surface area (Å²) in [5, 5.41) is 2.01. The molecule has 0 aliphatic heterocycles. The molecule has 0 fully saturated rings. The summed E-state index contributed by atoms with van der Waals surface area (Å²) in [6.07, 6.45) is 0. The lowest BCUT2D eigenvalue weighted by Crippen LogP contribution is -2.46. The average molecular weight is 242 g/mol. The zero-order valence-electron chi connectivity index (χ0n) is 9.86. The van der Waals surface area contributed by atoms with E-state index in [4.69, 9.17) is 5.84 Å². The van der Waals surface area contributed by atoms with Gasteiger partial charge in [-0.15, -0.1) is 11.3 Å². The number of thiazole rings is 1. The highest BCUT2D eigenvalue weighted by Crippen LogP contribution is 2.17. The topological polar surface area (TPSA) is 71.2 Å². The second-order valence-electron chi connectivity index (χ2n) is 4.51. The van der Waals surface area contributed by atoms with Crippen LogP contribution in [0.15, 0.2) is 10.9 Å². The molecule has 0 bridgehead atoms. The van der Waals surface area contributed by atoms with Crippen LogP contribution in [0.5, 0.6) is 0 Å². The third kappa shape index (κ3) is 3.55. The summed E-state index contributed by atoms with van der Waals surface area (Å²) in [5.41, 5.74) is 4.52. The van der Waals surface area contributed by atoms with Crippen molar-refractivity contribution in [1.82, 2.24) is 15.3 Å². The maximum atomic E-state index is 11.5. The molecule has 1 amide bonds. The van der Waals surface area contributed by atoms with Crippen LogP contribution in [0.1, 0.15) is 19.5 Å². The molecule has 3 N–H and O–H groups in total. The summed E-state index contributed by atoms with van der Waals surface area (Å²) in [4.78, 5) is 17.8. The second kappa shape index (κ2) is 5.38. The van der Waals surface area contributed by atoms with E-state index in [9.17, 15) is 4.79 Å². The Balaban J connectivity index is 2.50. The van der Waals surface area contributed by atoms with Crippen molar-refractivity contribution < 1.29 is 4.79 Å². The van der Waals surface area contributed by atoms with E-state index >= 15 is 0 Å². The van der Waals surface area contributed by atoms with Crippen LogP contribution in [0.2, 0.25) is 0 Å². The van der Waals surface area contributed by atoms with Crippen LogP contribution < -0.4 is 11.3 Å². The molecule has 0 unspecified atom stereocenters. The Hall–Kier alpha value is -0.980. The van der Waals surface area contributed by atoms with E-state index in [-0.39, 0.29) is 5.91 Å². The summed E-state index contributed by atoms with van der Waals surface area (Å²) in [5.74, 6) is 4.99. The molecule has 0 aliphatic carbocycles. The summed E-state index contributed by atoms with van der Waals surface area (Å²) >= 11 is 1.57. The van der Waals surface area contributed by atoms with Crippen LogP contribution in [0.3, 0.4) is 0 Å². The SMILES string of the molecule is CN(Cc1cscn1)CC(C)(C)C(=O)NN. The smallest absolute Gasteiger partial charge is 0.240 e. The van der Waals surface area contributed by atoms with Gasteiger partial charge in [0, 0.05) is 18.5 Å². The minimum atomic E-state index is -0.500. The Bertz CT molecular complexity index is 337. The number of nitrogens with one attached hydrogen (secondary N) is 1. The van der Waals surface area contributed by atoms with E-state index < -0.39 is 5.41 Å². The molecule has 0 radical (unpaired) electrons. The van der Waals surface area contributed by atoms with Crippen LogP contribution in [0.25, 0.3) is 0 Å². The van der Waals surface area contributed by atoms with Crippen molar-refractivity contribution in [2.24, 2.45) is 11.3 Å². The summed E-state index contributed by atoms with van der Waals surface area (Å²) in [7, 11) is 1.96. The number of carbonyl (C=O) groups excluding carboxylic acids is 1. The molecule has 0 spiro atoms. The van der Waals surface area contributed by atoms with Gasteiger partial charge in [-0.05, 0) is 20.9 Å². The van der Waals surface area contributed by atoms with Gasteiger partial charge in [0.15, 0.2) is 0 Å². The lowest BCUT2D eigenvalue weighted by Gasteiger charge is -2.27. The van der Waals surface area contributed by atoms with Gasteiger partial charge in [-0.1, -0.05) is 0 Å². The molecule has 1 heterocycles. The molecule has 1 aromatic heterocycles. The molecular formula is C10H18N4OS. The lowest BCUT2D eigenvalue weighted by atomic mass is 9.92. The van der Waals surface area contributed by atoms with E-state index in [0.717, 1.165) is 12.2 Å². The van der Waals surface area contributed by atoms with Crippen LogP contribution in [-0.2, 0) is 11.3 Å². The van der Waals surface area contributed by atoms with E-state index in [2.05, 4.69) is 15.3 Å². The van der Waals surface area contributed by atoms with Gasteiger partial charge in [-0.2, -0.15) is 0 Å². The molecule has 0 aromatic carbocycles. The molecule has 0 saturated carbocycles. The molecule has 0 saturated heterocycles. The predicted molar refractivity (Wildman–Crippen MR) is 64.6 cm³/mol. The highest BCUT2D eigenvalue weighted by atomic mass is 32.1. The fraction of sp³-hybridized carbons (Fsp3) is 0.600. The highest BCUT2D eigenvalue weighted by Gasteiger charge is 2.28. The number of nitrogens with two attached hydrogens (primary N) is 1. The van der Waals surface area contributed by atoms with Gasteiger partial charge in [0.1, 0.15) is 0 Å². The van der Waals surface area contributed by atoms with Crippen molar-refractivity contribution in [3.8, 4) is 0 Å². The van der Waals surface area contributed by atoms with Crippen LogP contribution in [-0.4, -0.2) is 29.4 Å². The zero-order chi connectivity index (χ0) is 12.2. The minimum Gasteiger partial charge on any atom is -0.299 e. The normalized spacial score (nSPS) is 11.8. The third-order valence-electron chi connectivity index (χ3n) is 2.33. The highest BCUT2D eigenvalue weighted by molar-refractivity contribution is 7.07. The number of carbonyl (C=O) groups is 1. The average Bonchev–Trinajstić information content (AvgIpc) is 2.67. The first-order valence-corrected chi connectivity index (χ1v) is 5.96. The number of hydrogen-bond acceptors (Lipinski definition) is 5. The Morgan fingerprint density at radius 3 is 2.88 bits per heavy atom. The Labute approximate surface area is 99.6 Å². The van der Waals surface area contributed by atoms with Crippen LogP contribution in [0, 0.1) is 5.41 Å². The standard InChI is InChI=1S/C10H18N4OS/c1-10(2,9(15)13-11)6-14(3)4-8-5-16-7-12-8/h5,7H,4,6,11H2,1-3H3,(H,13,15). The molecule has 1 aromatic rings. The molecule has 5 nitrogen and oxygen atoms in total. The number of aromatic nitrogens is 1. The number of hydrogen-bond donors (Lipinski definition) is 2. The first-order valence-electron chi connectivity index (χ1n) is 5.02. The number of amides is 1. The van der Waals surface area contributed by atoms with Crippen molar-refractivity contribution in [3.05, 3.63) is 16.6 Å². The number of rotatable bonds is 5. The van der Waals surface area contributed by atoms with Crippen LogP contribution >= 0.6 is 11.3 Å². The Morgan fingerprint density at radius 1 is 1.69 bits per heavy atom. The molecule has 0 atom stereocenters. The fourth-order valence-electron chi connectivity index (χ4n) is 1.59. The maximum Gasteiger partial charge on any atom is 0.240 e. The maximum absolute atomic E-state index is 11.5. The summed E-state index contributed by atoms with van der Waals surface area (Å²) in [6.45, 7) is 5.11. The van der Waals surface area contributed by atoms with Crippen LogP contribution in [0.4, 0.5) is 0 Å². The summed E-state index contributed by atoms with van der Waals surface area (Å²) < 4.78 is 0. The van der Waals surface area contributed by atoms with Crippen molar-refractivity contribution >= 4 is 17.2 Å². The fourth-order valence-corrected chi connectivity index (χ4v) is 2.14. The van der Waals surface area contributed by atoms with E-state index in [0.29, 0.717) is 6.54 Å². The van der Waals surface area contributed by atoms with Gasteiger partial charge < -0.3 is 0 Å². The molecule has 16 heavy (non-hydrogen) atoms. The molecule has 90 valence electrons. The molecular weight excluding hydrogens is 224 g/mol. The first-order chi connectivity index (χ1) is 7.45. The van der Waals surface area contributed by atoms with Gasteiger partial charge >= 0.3 is 0 Å². The van der Waals surface area contributed by atoms with E-state index in [1.54, 1.807) is 16.8 Å². The zero-order valence-corrected chi connectivity index (χ0v) is 10.7. The van der Waals surface area contributed by atoms with Gasteiger partial charge in [0.2, 0.25) is 5.91 Å².